The van der Waals surface area contributed by atoms with Gasteiger partial charge in [0.15, 0.2) is 33.7 Å². The average molecular weight is 1320 g/mol. The van der Waals surface area contributed by atoms with Gasteiger partial charge in [-0.25, -0.2) is 64.0 Å². The zero-order valence-corrected chi connectivity index (χ0v) is 52.6. The molecule has 0 aromatic carbocycles. The van der Waals surface area contributed by atoms with Crippen molar-refractivity contribution in [3.05, 3.63) is 188 Å². The van der Waals surface area contributed by atoms with Gasteiger partial charge in [0.25, 0.3) is 0 Å². The van der Waals surface area contributed by atoms with Crippen LogP contribution in [0.5, 0.6) is 0 Å². The number of carbonyl (C=O) groups excluding carboxylic acids is 4. The minimum atomic E-state index is -0.514. The second kappa shape index (κ2) is 41.8. The molecule has 38 heteroatoms. The number of nitrogens with two attached hydrogens (primary N) is 1. The number of aromatic amines is 3. The molecule has 0 atom stereocenters. The van der Waals surface area contributed by atoms with Gasteiger partial charge in [-0.05, 0) is 93.9 Å². The minimum absolute atomic E-state index is 0. The van der Waals surface area contributed by atoms with Crippen molar-refractivity contribution >= 4 is 92.2 Å². The zero-order valence-electron chi connectivity index (χ0n) is 49.1. The second-order valence-electron chi connectivity index (χ2n) is 16.4. The number of azide groups is 1. The number of ether oxygens (including phenoxy) is 4. The Kier molecular flexibility index (Phi) is 34.5. The van der Waals surface area contributed by atoms with Crippen molar-refractivity contribution in [2.75, 3.05) is 37.1 Å². The standard InChI is InChI=1S/C13H13N5O3.C11H11N5O2.C8H9ClO3.C8H9N3O3.C8H11NO3.C5H3ClN4.CH4.N3.Na/c1-2-20-13(19)9-4-3-8(21-9)5-14-11-10-12(16-6-15-10)18-7-17-11;17-4-8-2-1-7(18-8)3-12-10-9-11(14-5-13-9)16-6-15-10;1-2-11-8(10)7-4-3-6(5-9)12-7;1-2-13-8(12)7-4-3-6(14-7)5-10-11-9;1-2-11-8(10)7-4-3-6(5-9)12-7;6-4-3-5(9-1-7-3)10-2-8-4;;1-3-2;/h3-4,6-7H,2,5H2,1H3,(H2,14,15,16,17,18);1-2,5-6,17H,3-4H2,(H2,12,13,14,15,16);3-4H,2,5H2,1H3;3-4H,2,5H2,1H3;3-4H,2,5,9H2,1H3;1-2H,(H,7,8,9,10);1H4;;/q;;;;;;;-1;+1. The van der Waals surface area contributed by atoms with Gasteiger partial charge < -0.3 is 88.5 Å². The van der Waals surface area contributed by atoms with Crippen LogP contribution in [0.15, 0.2) is 126 Å². The number of imidazole rings is 3. The van der Waals surface area contributed by atoms with Gasteiger partial charge in [-0.3, -0.25) is 4.91 Å². The van der Waals surface area contributed by atoms with E-state index in [4.69, 9.17) is 91.7 Å². The number of rotatable bonds is 19. The van der Waals surface area contributed by atoms with Crippen LogP contribution in [-0.2, 0) is 57.6 Å². The Balaban J connectivity index is 0.000000289. The number of nitrogens with one attached hydrogen (secondary N) is 5. The van der Waals surface area contributed by atoms with E-state index in [0.29, 0.717) is 114 Å². The number of aromatic nitrogens is 12. The maximum atomic E-state index is 11.5. The molecule has 0 spiro atoms. The molecule has 480 valence electrons. The largest absolute Gasteiger partial charge is 1.00 e. The third-order valence-electron chi connectivity index (χ3n) is 10.5. The zero-order chi connectivity index (χ0) is 65.0. The van der Waals surface area contributed by atoms with Crippen LogP contribution >= 0.6 is 23.2 Å². The molecule has 35 nitrogen and oxygen atoms in total. The van der Waals surface area contributed by atoms with Crippen molar-refractivity contribution in [1.82, 2.24) is 59.8 Å². The van der Waals surface area contributed by atoms with Crippen LogP contribution < -0.4 is 45.9 Å². The topological polar surface area (TPSA) is 512 Å². The van der Waals surface area contributed by atoms with E-state index >= 15 is 0 Å². The van der Waals surface area contributed by atoms with Crippen molar-refractivity contribution in [3.8, 4) is 0 Å². The van der Waals surface area contributed by atoms with Crippen LogP contribution in [0.2, 0.25) is 5.15 Å². The Morgan fingerprint density at radius 3 is 1.29 bits per heavy atom. The summed E-state index contributed by atoms with van der Waals surface area (Å²) in [5, 5.41) is 18.8. The minimum Gasteiger partial charge on any atom is -0.462 e. The molecule has 11 rings (SSSR count). The summed E-state index contributed by atoms with van der Waals surface area (Å²) >= 11 is 11.2. The van der Waals surface area contributed by atoms with Gasteiger partial charge in [0.05, 0.1) is 77.5 Å². The third-order valence-corrected chi connectivity index (χ3v) is 11.1. The van der Waals surface area contributed by atoms with Crippen molar-refractivity contribution in [1.29, 1.82) is 0 Å². The molecular weight excluding hydrogens is 1260 g/mol. The molecule has 0 fully saturated rings. The molecule has 0 unspecified atom stereocenters. The van der Waals surface area contributed by atoms with Crippen LogP contribution in [0, 0.1) is 0 Å². The number of aliphatic hydroxyl groups is 1. The molecule has 0 radical (unpaired) electrons. The molecule has 0 bridgehead atoms. The van der Waals surface area contributed by atoms with E-state index in [-0.39, 0.29) is 79.1 Å². The van der Waals surface area contributed by atoms with Crippen LogP contribution in [0.3, 0.4) is 0 Å². The van der Waals surface area contributed by atoms with Crippen LogP contribution in [0.25, 0.3) is 59.9 Å². The van der Waals surface area contributed by atoms with Gasteiger partial charge in [-0.1, -0.05) is 24.1 Å². The maximum Gasteiger partial charge on any atom is 1.00 e. The van der Waals surface area contributed by atoms with Gasteiger partial charge >= 0.3 is 53.4 Å². The Hall–Kier alpha value is -10.4. The number of carbonyl (C=O) groups is 4. The number of anilines is 2. The monoisotopic (exact) mass is 1320 g/mol. The first-order chi connectivity index (χ1) is 43.8. The SMILES string of the molecule is C.CCOC(=O)c1ccc(CCl)o1.CCOC(=O)c1ccc(CN)o1.CCOC(=O)c1ccc(CN=[N+]=[N-])o1.CCOC(=O)c1ccc(CNc2ncnc3nc[nH]c23)o1.Clc1ncnc2nc[nH]c12.OCc1ccc(CNc2ncnc3nc[nH]c23)o1.[N-]=[N+]=[N-].[Na+]. The summed E-state index contributed by atoms with van der Waals surface area (Å²) < 4.78 is 44.9. The summed E-state index contributed by atoms with van der Waals surface area (Å²) in [6.45, 7) is 9.37. The Labute approximate surface area is 553 Å². The van der Waals surface area contributed by atoms with Crippen LogP contribution in [-0.4, -0.2) is 115 Å². The van der Waals surface area contributed by atoms with E-state index in [1.165, 1.54) is 36.3 Å². The summed E-state index contributed by atoms with van der Waals surface area (Å²) in [6, 6.07) is 16.3. The van der Waals surface area contributed by atoms with Crippen LogP contribution in [0.1, 0.15) is 112 Å². The molecule has 0 amide bonds. The van der Waals surface area contributed by atoms with Crippen molar-refractivity contribution < 1.29 is 94.9 Å². The Morgan fingerprint density at radius 2 is 0.902 bits per heavy atom. The van der Waals surface area contributed by atoms with Gasteiger partial charge in [-0.2, -0.15) is 0 Å². The number of aliphatic hydroxyl groups excluding tert-OH is 1. The van der Waals surface area contributed by atoms with Gasteiger partial charge in [0.1, 0.15) is 76.7 Å². The average Bonchev–Trinajstić information content (AvgIpc) is 1.94. The number of fused-ring (bicyclic) bond motifs is 3. The molecule has 0 saturated carbocycles. The maximum absolute atomic E-state index is 11.5. The normalized spacial score (nSPS) is 9.78. The molecule has 8 N–H and O–H groups in total. The summed E-state index contributed by atoms with van der Waals surface area (Å²) in [5.74, 6) is 3.83. The van der Waals surface area contributed by atoms with Crippen molar-refractivity contribution in [2.24, 2.45) is 10.8 Å². The molecule has 0 aliphatic rings. The number of halogens is 2. The fourth-order valence-corrected chi connectivity index (χ4v) is 7.03. The van der Waals surface area contributed by atoms with E-state index in [0.717, 1.165) is 16.8 Å². The third kappa shape index (κ3) is 24.2. The summed E-state index contributed by atoms with van der Waals surface area (Å²) in [7, 11) is 0. The number of esters is 4. The Morgan fingerprint density at radius 1 is 0.543 bits per heavy atom. The molecule has 0 saturated heterocycles. The summed E-state index contributed by atoms with van der Waals surface area (Å²) in [6.07, 6.45) is 8.92. The smallest absolute Gasteiger partial charge is 0.462 e. The molecule has 0 aliphatic carbocycles. The fraction of sp³-hybridized carbons (Fsp3) is 0.278. The second-order valence-corrected chi connectivity index (χ2v) is 17.0. The predicted octanol–water partition coefficient (Wildman–Crippen LogP) is 7.67. The molecule has 11 aromatic rings. The molecule has 0 aliphatic heterocycles. The quantitative estimate of drug-likeness (QED) is 0.00596. The number of nitrogens with zero attached hydrogens (tertiary/aromatic N) is 15. The van der Waals surface area contributed by atoms with E-state index in [9.17, 15) is 19.2 Å². The number of hydrogen-bond acceptors (Lipinski definition) is 27. The van der Waals surface area contributed by atoms with E-state index in [2.05, 4.69) is 80.5 Å². The predicted molar refractivity (Wildman–Crippen MR) is 325 cm³/mol. The molecular formula is C54H60Cl2N21NaO14. The molecule has 11 aromatic heterocycles. The number of alkyl halides is 1. The van der Waals surface area contributed by atoms with Gasteiger partial charge in [0, 0.05) is 4.91 Å². The Bertz CT molecular complexity index is 4010. The number of hydrogen-bond donors (Lipinski definition) is 7. The van der Waals surface area contributed by atoms with Crippen LogP contribution in [0.4, 0.5) is 11.6 Å². The summed E-state index contributed by atoms with van der Waals surface area (Å²) in [5.41, 5.74) is 30.8. The van der Waals surface area contributed by atoms with E-state index in [1.54, 1.807) is 88.9 Å². The molecule has 92 heavy (non-hydrogen) atoms. The van der Waals surface area contributed by atoms with Gasteiger partial charge in [-0.15, -0.1) is 11.6 Å². The van der Waals surface area contributed by atoms with Gasteiger partial charge in [0.2, 0.25) is 23.0 Å². The first-order valence-corrected chi connectivity index (χ1v) is 27.2. The van der Waals surface area contributed by atoms with E-state index < -0.39 is 23.9 Å². The summed E-state index contributed by atoms with van der Waals surface area (Å²) in [4.78, 5) is 93.4. The first kappa shape index (κ1) is 75.9. The van der Waals surface area contributed by atoms with E-state index in [1.807, 2.05) is 6.07 Å². The number of H-pyrrole nitrogens is 3. The fourth-order valence-electron chi connectivity index (χ4n) is 6.70. The first-order valence-electron chi connectivity index (χ1n) is 26.3. The number of furan rings is 5. The molecule has 11 heterocycles. The van der Waals surface area contributed by atoms with Crippen molar-refractivity contribution in [2.45, 2.75) is 73.8 Å². The van der Waals surface area contributed by atoms with Crippen molar-refractivity contribution in [3.63, 3.8) is 0 Å².